The Morgan fingerprint density at radius 1 is 1.13 bits per heavy atom. The van der Waals surface area contributed by atoms with Gasteiger partial charge in [-0.3, -0.25) is 9.59 Å². The standard InChI is InChI=1S/C29H27F3N4O3/c1-17-12-19(8-9-22(17)26(37)13-18-6-7-18)25-16-34-28-24(33-11-10-29(30,31)32)15-23(35-36(25)28)27(38)20-4-3-5-21(14-20)39-2/h3-5,8-9,12,14-16,18,33H,6-7,10-11,13H2,1-2H3. The number of Topliss-reactive ketones (excluding diaryl/α,β-unsaturated/α-hetero) is 1. The van der Waals surface area contributed by atoms with Crippen molar-refractivity contribution in [3.63, 3.8) is 0 Å². The van der Waals surface area contributed by atoms with Crippen molar-refractivity contribution in [1.82, 2.24) is 14.6 Å². The Morgan fingerprint density at radius 2 is 1.92 bits per heavy atom. The number of ketones is 2. The first kappa shape index (κ1) is 26.4. The van der Waals surface area contributed by atoms with Gasteiger partial charge in [-0.2, -0.15) is 18.3 Å². The number of imidazole rings is 1. The summed E-state index contributed by atoms with van der Waals surface area (Å²) in [4.78, 5) is 30.5. The zero-order chi connectivity index (χ0) is 27.7. The third-order valence-electron chi connectivity index (χ3n) is 6.75. The Bertz CT molecular complexity index is 1560. The summed E-state index contributed by atoms with van der Waals surface area (Å²) in [6.45, 7) is 1.47. The third kappa shape index (κ3) is 5.94. The highest BCUT2D eigenvalue weighted by molar-refractivity contribution is 6.08. The molecule has 1 aliphatic carbocycles. The van der Waals surface area contributed by atoms with Crippen LogP contribution < -0.4 is 10.1 Å². The topological polar surface area (TPSA) is 85.6 Å². The average molecular weight is 537 g/mol. The van der Waals surface area contributed by atoms with Crippen LogP contribution in [0.1, 0.15) is 57.7 Å². The van der Waals surface area contributed by atoms with Gasteiger partial charge < -0.3 is 10.1 Å². The van der Waals surface area contributed by atoms with Crippen molar-refractivity contribution in [2.75, 3.05) is 19.0 Å². The van der Waals surface area contributed by atoms with Crippen molar-refractivity contribution < 1.29 is 27.5 Å². The maximum Gasteiger partial charge on any atom is 0.390 e. The molecule has 0 unspecified atom stereocenters. The molecule has 39 heavy (non-hydrogen) atoms. The van der Waals surface area contributed by atoms with Crippen molar-refractivity contribution in [3.05, 3.63) is 77.1 Å². The zero-order valence-corrected chi connectivity index (χ0v) is 21.5. The summed E-state index contributed by atoms with van der Waals surface area (Å²) in [5, 5.41) is 7.30. The van der Waals surface area contributed by atoms with Crippen LogP contribution in [0.5, 0.6) is 5.75 Å². The summed E-state index contributed by atoms with van der Waals surface area (Å²) in [6.07, 6.45) is -1.12. The SMILES string of the molecule is COc1cccc(C(=O)c2cc(NCCC(F)(F)F)c3ncc(-c4ccc(C(=O)CC5CC5)c(C)c4)n3n2)c1. The smallest absolute Gasteiger partial charge is 0.390 e. The van der Waals surface area contributed by atoms with Crippen molar-refractivity contribution in [2.24, 2.45) is 5.92 Å². The van der Waals surface area contributed by atoms with E-state index in [2.05, 4.69) is 15.4 Å². The molecule has 0 bridgehead atoms. The molecule has 1 N–H and O–H groups in total. The van der Waals surface area contributed by atoms with Crippen molar-refractivity contribution >= 4 is 22.9 Å². The van der Waals surface area contributed by atoms with Crippen LogP contribution in [0.3, 0.4) is 0 Å². The number of aromatic nitrogens is 3. The summed E-state index contributed by atoms with van der Waals surface area (Å²) in [7, 11) is 1.49. The molecule has 1 saturated carbocycles. The zero-order valence-electron chi connectivity index (χ0n) is 21.5. The largest absolute Gasteiger partial charge is 0.497 e. The molecule has 0 radical (unpaired) electrons. The molecule has 2 aromatic carbocycles. The molecule has 7 nitrogen and oxygen atoms in total. The number of carbonyl (C=O) groups is 2. The number of anilines is 1. The number of carbonyl (C=O) groups excluding carboxylic acids is 2. The summed E-state index contributed by atoms with van der Waals surface area (Å²) < 4.78 is 45.2. The predicted octanol–water partition coefficient (Wildman–Crippen LogP) is 6.29. The number of methoxy groups -OCH3 is 1. The van der Waals surface area contributed by atoms with Gasteiger partial charge in [0.2, 0.25) is 5.78 Å². The number of hydrogen-bond acceptors (Lipinski definition) is 6. The average Bonchev–Trinajstić information content (AvgIpc) is 3.61. The quantitative estimate of drug-likeness (QED) is 0.240. The number of fused-ring (bicyclic) bond motifs is 1. The van der Waals surface area contributed by atoms with Crippen molar-refractivity contribution in [2.45, 2.75) is 38.8 Å². The Morgan fingerprint density at radius 3 is 2.62 bits per heavy atom. The fourth-order valence-electron chi connectivity index (χ4n) is 4.49. The van der Waals surface area contributed by atoms with Gasteiger partial charge in [-0.15, -0.1) is 0 Å². The van der Waals surface area contributed by atoms with Gasteiger partial charge in [0, 0.05) is 29.7 Å². The molecule has 5 rings (SSSR count). The van der Waals surface area contributed by atoms with Gasteiger partial charge in [-0.1, -0.05) is 24.3 Å². The molecular weight excluding hydrogens is 509 g/mol. The second-order valence-corrected chi connectivity index (χ2v) is 9.78. The van der Waals surface area contributed by atoms with E-state index in [1.807, 2.05) is 13.0 Å². The predicted molar refractivity (Wildman–Crippen MR) is 140 cm³/mol. The number of ether oxygens (including phenoxy) is 1. The molecule has 2 aromatic heterocycles. The van der Waals surface area contributed by atoms with E-state index in [0.717, 1.165) is 18.4 Å². The number of alkyl halides is 3. The Hall–Kier alpha value is -4.21. The monoisotopic (exact) mass is 536 g/mol. The van der Waals surface area contributed by atoms with E-state index in [1.165, 1.54) is 17.7 Å². The first-order chi connectivity index (χ1) is 18.6. The number of nitrogens with zero attached hydrogens (tertiary/aromatic N) is 3. The summed E-state index contributed by atoms with van der Waals surface area (Å²) in [5.74, 6) is 0.649. The second-order valence-electron chi connectivity index (χ2n) is 9.78. The minimum Gasteiger partial charge on any atom is -0.497 e. The van der Waals surface area contributed by atoms with Crippen LogP contribution in [-0.4, -0.2) is 46.0 Å². The molecule has 0 saturated heterocycles. The number of benzene rings is 2. The maximum absolute atomic E-state index is 13.4. The number of aryl methyl sites for hydroxylation is 1. The molecular formula is C29H27F3N4O3. The van der Waals surface area contributed by atoms with E-state index in [9.17, 15) is 22.8 Å². The van der Waals surface area contributed by atoms with Gasteiger partial charge in [-0.25, -0.2) is 9.50 Å². The molecule has 10 heteroatoms. The van der Waals surface area contributed by atoms with E-state index in [-0.39, 0.29) is 22.8 Å². The lowest BCUT2D eigenvalue weighted by atomic mass is 9.98. The normalized spacial score (nSPS) is 13.5. The van der Waals surface area contributed by atoms with Crippen LogP contribution in [0.2, 0.25) is 0 Å². The highest BCUT2D eigenvalue weighted by atomic mass is 19.4. The summed E-state index contributed by atoms with van der Waals surface area (Å²) >= 11 is 0. The molecule has 0 atom stereocenters. The van der Waals surface area contributed by atoms with Crippen molar-refractivity contribution in [3.8, 4) is 17.0 Å². The van der Waals surface area contributed by atoms with Crippen LogP contribution in [0.15, 0.2) is 54.7 Å². The highest BCUT2D eigenvalue weighted by Gasteiger charge is 2.27. The van der Waals surface area contributed by atoms with Crippen molar-refractivity contribution in [1.29, 1.82) is 0 Å². The number of rotatable bonds is 10. The fourth-order valence-corrected chi connectivity index (χ4v) is 4.49. The number of hydrogen-bond donors (Lipinski definition) is 1. The lowest BCUT2D eigenvalue weighted by Gasteiger charge is -2.13. The highest BCUT2D eigenvalue weighted by Crippen LogP contribution is 2.34. The fraction of sp³-hybridized carbons (Fsp3) is 0.310. The maximum atomic E-state index is 13.4. The van der Waals surface area contributed by atoms with Crippen LogP contribution in [-0.2, 0) is 0 Å². The van der Waals surface area contributed by atoms with Gasteiger partial charge in [0.05, 0.1) is 31.1 Å². The van der Waals surface area contributed by atoms with E-state index >= 15 is 0 Å². The lowest BCUT2D eigenvalue weighted by molar-refractivity contribution is -0.131. The van der Waals surface area contributed by atoms with Crippen LogP contribution in [0.4, 0.5) is 18.9 Å². The van der Waals surface area contributed by atoms with E-state index in [0.29, 0.717) is 40.5 Å². The van der Waals surface area contributed by atoms with Gasteiger partial charge in [0.15, 0.2) is 11.4 Å². The Labute approximate surface area is 223 Å². The minimum atomic E-state index is -4.34. The summed E-state index contributed by atoms with van der Waals surface area (Å²) in [5.41, 5.74) is 3.59. The molecule has 2 heterocycles. The third-order valence-corrected chi connectivity index (χ3v) is 6.75. The van der Waals surface area contributed by atoms with Gasteiger partial charge in [0.25, 0.3) is 0 Å². The molecule has 0 amide bonds. The molecule has 0 spiro atoms. The van der Waals surface area contributed by atoms with Crippen LogP contribution in [0, 0.1) is 12.8 Å². The first-order valence-corrected chi connectivity index (χ1v) is 12.7. The molecule has 202 valence electrons. The summed E-state index contributed by atoms with van der Waals surface area (Å²) in [6, 6.07) is 13.4. The van der Waals surface area contributed by atoms with Crippen LogP contribution in [0.25, 0.3) is 16.9 Å². The van der Waals surface area contributed by atoms with Gasteiger partial charge in [-0.05, 0) is 55.5 Å². The van der Waals surface area contributed by atoms with E-state index in [1.54, 1.807) is 42.6 Å². The Kier molecular flexibility index (Phi) is 7.12. The lowest BCUT2D eigenvalue weighted by Crippen LogP contribution is -2.16. The molecule has 0 aliphatic heterocycles. The number of halogens is 3. The minimum absolute atomic E-state index is 0.0254. The van der Waals surface area contributed by atoms with Crippen LogP contribution >= 0.6 is 0 Å². The van der Waals surface area contributed by atoms with E-state index < -0.39 is 24.9 Å². The molecule has 1 aliphatic rings. The number of nitrogens with one attached hydrogen (secondary N) is 1. The van der Waals surface area contributed by atoms with Gasteiger partial charge in [0.1, 0.15) is 11.4 Å². The van der Waals surface area contributed by atoms with E-state index in [4.69, 9.17) is 4.74 Å². The first-order valence-electron chi connectivity index (χ1n) is 12.7. The molecule has 4 aromatic rings. The molecule has 1 fully saturated rings. The Balaban J connectivity index is 1.55. The van der Waals surface area contributed by atoms with Gasteiger partial charge >= 0.3 is 6.18 Å². The second kappa shape index (κ2) is 10.5.